The van der Waals surface area contributed by atoms with Crippen LogP contribution in [0.3, 0.4) is 0 Å². The Morgan fingerprint density at radius 1 is 1.06 bits per heavy atom. The molecule has 0 radical (unpaired) electrons. The molecule has 1 saturated heterocycles. The minimum atomic E-state index is -1.84. The van der Waals surface area contributed by atoms with E-state index in [0.717, 1.165) is 0 Å². The summed E-state index contributed by atoms with van der Waals surface area (Å²) < 4.78 is 4.57. The highest BCUT2D eigenvalue weighted by Gasteiger charge is 2.46. The molecule has 1 aliphatic heterocycles. The summed E-state index contributed by atoms with van der Waals surface area (Å²) in [6, 6.07) is 0. The Morgan fingerprint density at radius 3 is 2.18 bits per heavy atom. The van der Waals surface area contributed by atoms with Gasteiger partial charge in [0.05, 0.1) is 0 Å². The van der Waals surface area contributed by atoms with Gasteiger partial charge in [-0.15, -0.1) is 0 Å². The predicted molar refractivity (Wildman–Crippen MR) is 49.5 cm³/mol. The number of carboxylic acids is 1. The van der Waals surface area contributed by atoms with Gasteiger partial charge in [-0.1, -0.05) is 0 Å². The van der Waals surface area contributed by atoms with Gasteiger partial charge in [0.1, 0.15) is 24.9 Å². The maximum atomic E-state index is 11.3. The van der Waals surface area contributed by atoms with Gasteiger partial charge in [-0.25, -0.2) is 0 Å². The van der Waals surface area contributed by atoms with Gasteiger partial charge < -0.3 is 35.6 Å². The molecule has 0 bridgehead atoms. The number of carbonyl (C=O) groups excluding carboxylic acids is 1. The summed E-state index contributed by atoms with van der Waals surface area (Å²) >= 11 is 0. The minimum Gasteiger partial charge on any atom is -0.480 e. The van der Waals surface area contributed by atoms with E-state index in [1.165, 1.54) is 0 Å². The van der Waals surface area contributed by atoms with Gasteiger partial charge in [-0.3, -0.25) is 9.59 Å². The van der Waals surface area contributed by atoms with Crippen LogP contribution >= 0.6 is 0 Å². The summed E-state index contributed by atoms with van der Waals surface area (Å²) in [5.74, 6) is -2.31. The highest BCUT2D eigenvalue weighted by molar-refractivity contribution is 5.85. The van der Waals surface area contributed by atoms with Gasteiger partial charge in [-0.2, -0.15) is 0 Å². The summed E-state index contributed by atoms with van der Waals surface area (Å²) in [7, 11) is 0. The highest BCUT2D eigenvalue weighted by atomic mass is 16.6. The SMILES string of the molecule is O=C(O)CNC(=O)C1OC(O)C(O)C(O)C1O. The van der Waals surface area contributed by atoms with Crippen molar-refractivity contribution in [2.75, 3.05) is 6.54 Å². The Balaban J connectivity index is 2.63. The molecule has 0 aliphatic carbocycles. The van der Waals surface area contributed by atoms with E-state index in [4.69, 9.17) is 15.3 Å². The van der Waals surface area contributed by atoms with E-state index in [2.05, 4.69) is 4.74 Å². The fourth-order valence-corrected chi connectivity index (χ4v) is 1.34. The monoisotopic (exact) mass is 251 g/mol. The summed E-state index contributed by atoms with van der Waals surface area (Å²) in [5, 5.41) is 47.2. The van der Waals surface area contributed by atoms with Crippen LogP contribution in [-0.4, -0.2) is 74.7 Å². The number of aliphatic hydroxyl groups is 4. The van der Waals surface area contributed by atoms with Gasteiger partial charge in [-0.05, 0) is 0 Å². The number of aliphatic carboxylic acids is 1. The first kappa shape index (κ1) is 13.8. The average Bonchev–Trinajstić information content (AvgIpc) is 2.28. The lowest BCUT2D eigenvalue weighted by molar-refractivity contribution is -0.275. The largest absolute Gasteiger partial charge is 0.480 e. The summed E-state index contributed by atoms with van der Waals surface area (Å²) in [4.78, 5) is 21.5. The number of hydrogen-bond donors (Lipinski definition) is 6. The second-order valence-electron chi connectivity index (χ2n) is 3.53. The predicted octanol–water partition coefficient (Wildman–Crippen LogP) is -4.01. The minimum absolute atomic E-state index is 0.694. The molecule has 0 spiro atoms. The van der Waals surface area contributed by atoms with Crippen molar-refractivity contribution in [3.63, 3.8) is 0 Å². The Hall–Kier alpha value is -1.26. The number of nitrogens with one attached hydrogen (secondary N) is 1. The molecule has 5 unspecified atom stereocenters. The number of carboxylic acid groups (broad SMARTS) is 1. The molecule has 0 aromatic carbocycles. The van der Waals surface area contributed by atoms with Crippen LogP contribution < -0.4 is 5.32 Å². The summed E-state index contributed by atoms with van der Waals surface area (Å²) in [6.45, 7) is -0.694. The summed E-state index contributed by atoms with van der Waals surface area (Å²) in [5.41, 5.74) is 0. The van der Waals surface area contributed by atoms with E-state index in [0.29, 0.717) is 0 Å². The highest BCUT2D eigenvalue weighted by Crippen LogP contribution is 2.19. The number of aliphatic hydroxyl groups excluding tert-OH is 4. The van der Waals surface area contributed by atoms with E-state index in [1.807, 2.05) is 5.32 Å². The molecule has 17 heavy (non-hydrogen) atoms. The molecule has 0 saturated carbocycles. The third-order valence-corrected chi connectivity index (χ3v) is 2.26. The smallest absolute Gasteiger partial charge is 0.322 e. The Labute approximate surface area is 95.2 Å². The van der Waals surface area contributed by atoms with E-state index in [-0.39, 0.29) is 0 Å². The molecule has 1 aliphatic rings. The molecule has 1 heterocycles. The van der Waals surface area contributed by atoms with E-state index in [9.17, 15) is 19.8 Å². The van der Waals surface area contributed by atoms with Crippen LogP contribution in [0.25, 0.3) is 0 Å². The first-order valence-corrected chi connectivity index (χ1v) is 4.72. The third kappa shape index (κ3) is 3.11. The molecular weight excluding hydrogens is 238 g/mol. The molecule has 9 heteroatoms. The quantitative estimate of drug-likeness (QED) is 0.296. The molecule has 1 rings (SSSR count). The molecular formula is C8H13NO8. The number of hydrogen-bond acceptors (Lipinski definition) is 7. The standard InChI is InChI=1S/C8H13NO8/c10-2(11)1-9-7(15)6-4(13)3(12)5(14)8(16)17-6/h3-6,8,12-14,16H,1H2,(H,9,15)(H,10,11). The molecule has 9 nitrogen and oxygen atoms in total. The third-order valence-electron chi connectivity index (χ3n) is 2.26. The zero-order chi connectivity index (χ0) is 13.2. The zero-order valence-electron chi connectivity index (χ0n) is 8.55. The maximum absolute atomic E-state index is 11.3. The van der Waals surface area contributed by atoms with Crippen LogP contribution in [-0.2, 0) is 14.3 Å². The van der Waals surface area contributed by atoms with Gasteiger partial charge in [0.15, 0.2) is 12.4 Å². The first-order chi connectivity index (χ1) is 7.84. The van der Waals surface area contributed by atoms with E-state index in [1.54, 1.807) is 0 Å². The topological polar surface area (TPSA) is 157 Å². The van der Waals surface area contributed by atoms with Crippen molar-refractivity contribution in [3.05, 3.63) is 0 Å². The number of ether oxygens (including phenoxy) is 1. The van der Waals surface area contributed by atoms with Gasteiger partial charge in [0.25, 0.3) is 5.91 Å². The molecule has 1 fully saturated rings. The molecule has 98 valence electrons. The Morgan fingerprint density at radius 2 is 1.65 bits per heavy atom. The van der Waals surface area contributed by atoms with Crippen LogP contribution in [0.2, 0.25) is 0 Å². The van der Waals surface area contributed by atoms with Crippen LogP contribution in [0.1, 0.15) is 0 Å². The lowest BCUT2D eigenvalue weighted by Crippen LogP contribution is -2.61. The normalized spacial score (nSPS) is 37.5. The van der Waals surface area contributed by atoms with Crippen LogP contribution in [0.4, 0.5) is 0 Å². The second kappa shape index (κ2) is 5.38. The average molecular weight is 251 g/mol. The summed E-state index contributed by atoms with van der Waals surface area (Å²) in [6.07, 6.45) is -8.76. The lowest BCUT2D eigenvalue weighted by atomic mass is 9.98. The van der Waals surface area contributed by atoms with Crippen LogP contribution in [0, 0.1) is 0 Å². The van der Waals surface area contributed by atoms with Crippen molar-refractivity contribution < 1.29 is 39.9 Å². The number of rotatable bonds is 3. The molecule has 5 atom stereocenters. The van der Waals surface area contributed by atoms with Crippen molar-refractivity contribution in [2.45, 2.75) is 30.7 Å². The Kier molecular flexibility index (Phi) is 4.37. The van der Waals surface area contributed by atoms with E-state index < -0.39 is 49.1 Å². The molecule has 0 aromatic heterocycles. The van der Waals surface area contributed by atoms with Crippen molar-refractivity contribution in [1.82, 2.24) is 5.32 Å². The Bertz CT molecular complexity index is 308. The molecule has 6 N–H and O–H groups in total. The maximum Gasteiger partial charge on any atom is 0.322 e. The van der Waals surface area contributed by atoms with Crippen LogP contribution in [0.5, 0.6) is 0 Å². The van der Waals surface area contributed by atoms with Crippen molar-refractivity contribution in [2.24, 2.45) is 0 Å². The van der Waals surface area contributed by atoms with Gasteiger partial charge in [0, 0.05) is 0 Å². The second-order valence-corrected chi connectivity index (χ2v) is 3.53. The van der Waals surface area contributed by atoms with Gasteiger partial charge in [0.2, 0.25) is 0 Å². The van der Waals surface area contributed by atoms with Gasteiger partial charge >= 0.3 is 5.97 Å². The number of amides is 1. The lowest BCUT2D eigenvalue weighted by Gasteiger charge is -2.37. The van der Waals surface area contributed by atoms with E-state index >= 15 is 0 Å². The molecule has 1 amide bonds. The van der Waals surface area contributed by atoms with Crippen molar-refractivity contribution >= 4 is 11.9 Å². The van der Waals surface area contributed by atoms with Crippen molar-refractivity contribution in [1.29, 1.82) is 0 Å². The zero-order valence-corrected chi connectivity index (χ0v) is 8.55. The van der Waals surface area contributed by atoms with Crippen LogP contribution in [0.15, 0.2) is 0 Å². The molecule has 0 aromatic rings. The first-order valence-electron chi connectivity index (χ1n) is 4.72. The van der Waals surface area contributed by atoms with Crippen molar-refractivity contribution in [3.8, 4) is 0 Å². The fraction of sp³-hybridized carbons (Fsp3) is 0.750. The fourth-order valence-electron chi connectivity index (χ4n) is 1.34. The number of carbonyl (C=O) groups is 2.